The molecule has 2 heterocycles. The Labute approximate surface area is 241 Å². The first-order chi connectivity index (χ1) is 17.6. The van der Waals surface area contributed by atoms with E-state index in [9.17, 15) is 10.2 Å². The fourth-order valence-electron chi connectivity index (χ4n) is 4.71. The van der Waals surface area contributed by atoms with E-state index in [0.29, 0.717) is 6.42 Å². The van der Waals surface area contributed by atoms with E-state index in [0.717, 1.165) is 33.7 Å². The first-order valence-corrected chi connectivity index (χ1v) is 16.1. The first kappa shape index (κ1) is 30.2. The van der Waals surface area contributed by atoms with Crippen LogP contribution in [0.5, 0.6) is 11.5 Å². The Bertz CT molecular complexity index is 1360. The van der Waals surface area contributed by atoms with Crippen LogP contribution in [0, 0.1) is 17.9 Å². The predicted molar refractivity (Wildman–Crippen MR) is 156 cm³/mol. The van der Waals surface area contributed by atoms with Crippen molar-refractivity contribution in [1.29, 1.82) is 0 Å². The van der Waals surface area contributed by atoms with Gasteiger partial charge in [-0.15, -0.1) is 23.8 Å². The second kappa shape index (κ2) is 12.7. The van der Waals surface area contributed by atoms with Crippen LogP contribution in [0.15, 0.2) is 72.8 Å². The van der Waals surface area contributed by atoms with Crippen LogP contribution < -0.4 is 15.1 Å². The largest absolute Gasteiger partial charge is 0.477 e. The fourth-order valence-corrected chi connectivity index (χ4v) is 7.82. The average molecular weight is 705 g/mol. The molecule has 2 atom stereocenters. The minimum absolute atomic E-state index is 0. The zero-order valence-corrected chi connectivity index (χ0v) is 26.4. The zero-order chi connectivity index (χ0) is 26.7. The van der Waals surface area contributed by atoms with Gasteiger partial charge in [-0.3, -0.25) is 4.98 Å². The van der Waals surface area contributed by atoms with Crippen LogP contribution in [-0.2, 0) is 20.1 Å². The van der Waals surface area contributed by atoms with Crippen molar-refractivity contribution in [2.24, 2.45) is 11.8 Å². The number of ether oxygens (including phenoxy) is 1. The Hall–Kier alpha value is -2.34. The number of hydrogen-bond acceptors (Lipinski definition) is 4. The van der Waals surface area contributed by atoms with Gasteiger partial charge in [0.25, 0.3) is 0 Å². The van der Waals surface area contributed by atoms with Crippen molar-refractivity contribution in [3.8, 4) is 22.8 Å². The quantitative estimate of drug-likeness (QED) is 0.197. The molecule has 0 bridgehead atoms. The van der Waals surface area contributed by atoms with Gasteiger partial charge in [-0.2, -0.15) is 0 Å². The van der Waals surface area contributed by atoms with E-state index in [1.807, 2.05) is 58.0 Å². The van der Waals surface area contributed by atoms with E-state index in [2.05, 4.69) is 61.6 Å². The van der Waals surface area contributed by atoms with Gasteiger partial charge < -0.3 is 14.9 Å². The maximum Gasteiger partial charge on any atom is 0.123 e. The summed E-state index contributed by atoms with van der Waals surface area (Å²) in [7, 11) is -1.92. The molecule has 1 aliphatic heterocycles. The molecule has 1 aliphatic rings. The van der Waals surface area contributed by atoms with Crippen LogP contribution in [0.3, 0.4) is 0 Å². The normalized spacial score (nSPS) is 14.9. The zero-order valence-electron chi connectivity index (χ0n) is 23.0. The van der Waals surface area contributed by atoms with E-state index in [-0.39, 0.29) is 44.1 Å². The van der Waals surface area contributed by atoms with Gasteiger partial charge in [0.15, 0.2) is 0 Å². The number of aromatic nitrogens is 1. The number of benzene rings is 3. The van der Waals surface area contributed by atoms with Gasteiger partial charge in [0, 0.05) is 25.9 Å². The van der Waals surface area contributed by atoms with Gasteiger partial charge in [0.05, 0.1) is 25.8 Å². The van der Waals surface area contributed by atoms with Crippen LogP contribution in [0.1, 0.15) is 34.1 Å². The molecule has 4 nitrogen and oxygen atoms in total. The van der Waals surface area contributed by atoms with Gasteiger partial charge in [-0.25, -0.2) is 0 Å². The van der Waals surface area contributed by atoms with Crippen LogP contribution in [0.4, 0.5) is 0 Å². The summed E-state index contributed by atoms with van der Waals surface area (Å²) in [5.74, 6) is 2.41. The van der Waals surface area contributed by atoms with Gasteiger partial charge in [-0.05, 0) is 46.7 Å². The third-order valence-corrected chi connectivity index (χ3v) is 10.7. The Morgan fingerprint density at radius 2 is 1.45 bits per heavy atom. The maximum atomic E-state index is 9.39. The average Bonchev–Trinajstić information content (AvgIpc) is 2.88. The fraction of sp³-hybridized carbons (Fsp3) is 0.344. The number of pyridine rings is 1. The molecule has 4 aromatic rings. The minimum atomic E-state index is -1.92. The summed E-state index contributed by atoms with van der Waals surface area (Å²) < 4.78 is 6.25. The number of aliphatic hydroxyl groups excluding tert-OH is 2. The third-order valence-electron chi connectivity index (χ3n) is 7.24. The Balaban J connectivity index is 0.000000287. The summed E-state index contributed by atoms with van der Waals surface area (Å²) in [6.45, 7) is 12.6. The Morgan fingerprint density at radius 3 is 2.13 bits per heavy atom. The summed E-state index contributed by atoms with van der Waals surface area (Å²) in [5, 5.41) is 22.5. The topological polar surface area (TPSA) is 62.6 Å². The van der Waals surface area contributed by atoms with Crippen molar-refractivity contribution in [3.63, 3.8) is 0 Å². The van der Waals surface area contributed by atoms with Crippen LogP contribution in [-0.4, -0.2) is 35.5 Å². The molecule has 203 valence electrons. The molecule has 0 aliphatic carbocycles. The van der Waals surface area contributed by atoms with E-state index in [1.165, 1.54) is 10.4 Å². The van der Waals surface area contributed by atoms with E-state index in [4.69, 9.17) is 9.72 Å². The molecule has 2 unspecified atom stereocenters. The van der Waals surface area contributed by atoms with Crippen LogP contribution in [0.2, 0.25) is 13.1 Å². The standard InChI is InChI=1S/C23H18NOSi.C9H20O2.Ir/c1-26(2)22-13-6-5-11-20(22)25-21-12-7-9-17(23(21)26)19-15-14-16-8-3-4-10-18(16)24-19;1-6(2)8(10)5-9(11)7(3)4;/h3-8,10-15H,1-2H3;6-11H,5H2,1-4H3;/q-1;;. The third kappa shape index (κ3) is 6.44. The summed E-state index contributed by atoms with van der Waals surface area (Å²) in [6, 6.07) is 28.3. The molecule has 2 N–H and O–H groups in total. The van der Waals surface area contributed by atoms with E-state index >= 15 is 0 Å². The molecule has 1 radical (unpaired) electrons. The SMILES string of the molecule is CC(C)C(O)CC(O)C(C)C.C[Si]1(C)c2ccccc2Oc2cc[c-]c(-c3ccc4ccccc4n3)c21.[Ir]. The van der Waals surface area contributed by atoms with E-state index in [1.54, 1.807) is 0 Å². The molecule has 6 heteroatoms. The molecule has 0 fully saturated rings. The monoisotopic (exact) mass is 705 g/mol. The second-order valence-electron chi connectivity index (χ2n) is 11.1. The summed E-state index contributed by atoms with van der Waals surface area (Å²) in [5.41, 5.74) is 3.04. The molecule has 0 saturated carbocycles. The molecule has 3 aromatic carbocycles. The maximum absolute atomic E-state index is 9.39. The van der Waals surface area contributed by atoms with Gasteiger partial charge in [0.1, 0.15) is 5.75 Å². The smallest absolute Gasteiger partial charge is 0.123 e. The number of nitrogens with zero attached hydrogens (tertiary/aromatic N) is 1. The van der Waals surface area contributed by atoms with Crippen molar-refractivity contribution >= 4 is 29.4 Å². The summed E-state index contributed by atoms with van der Waals surface area (Å²) >= 11 is 0. The molecule has 5 rings (SSSR count). The second-order valence-corrected chi connectivity index (χ2v) is 15.4. The van der Waals surface area contributed by atoms with Crippen molar-refractivity contribution in [2.75, 3.05) is 0 Å². The minimum Gasteiger partial charge on any atom is -0.477 e. The number of aliphatic hydroxyl groups is 2. The van der Waals surface area contributed by atoms with Gasteiger partial charge in [0.2, 0.25) is 0 Å². The van der Waals surface area contributed by atoms with Crippen LogP contribution in [0.25, 0.3) is 22.2 Å². The number of rotatable bonds is 5. The first-order valence-electron chi connectivity index (χ1n) is 13.1. The molecule has 0 amide bonds. The van der Waals surface area contributed by atoms with Crippen LogP contribution >= 0.6 is 0 Å². The molecular formula is C32H38IrNO3Si-. The van der Waals surface area contributed by atoms with Gasteiger partial charge in [-0.1, -0.05) is 94.5 Å². The summed E-state index contributed by atoms with van der Waals surface area (Å²) in [4.78, 5) is 4.91. The predicted octanol–water partition coefficient (Wildman–Crippen LogP) is 6.04. The van der Waals surface area contributed by atoms with Crippen molar-refractivity contribution in [1.82, 2.24) is 4.98 Å². The number of fused-ring (bicyclic) bond motifs is 3. The number of hydrogen-bond donors (Lipinski definition) is 2. The number of para-hydroxylation sites is 2. The Morgan fingerprint density at radius 1 is 0.816 bits per heavy atom. The molecular weight excluding hydrogens is 667 g/mol. The molecule has 1 aromatic heterocycles. The van der Waals surface area contributed by atoms with Crippen molar-refractivity contribution in [3.05, 3.63) is 78.9 Å². The Kier molecular flexibility index (Phi) is 10.1. The van der Waals surface area contributed by atoms with Crippen molar-refractivity contribution < 1.29 is 35.1 Å². The molecule has 0 spiro atoms. The van der Waals surface area contributed by atoms with Gasteiger partial charge >= 0.3 is 0 Å². The summed E-state index contributed by atoms with van der Waals surface area (Å²) in [6.07, 6.45) is -0.241. The van der Waals surface area contributed by atoms with E-state index < -0.39 is 8.07 Å². The molecule has 38 heavy (non-hydrogen) atoms. The molecule has 0 saturated heterocycles. The van der Waals surface area contributed by atoms with Crippen molar-refractivity contribution in [2.45, 2.75) is 59.4 Å².